The second-order valence-corrected chi connectivity index (χ2v) is 6.10. The Kier molecular flexibility index (Phi) is 8.35. The largest absolute Gasteiger partial charge is 0.370 e. The molecule has 1 rings (SSSR count). The van der Waals surface area contributed by atoms with Crippen molar-refractivity contribution in [1.29, 1.82) is 0 Å². The van der Waals surface area contributed by atoms with Crippen LogP contribution in [-0.4, -0.2) is 23.5 Å². The topological polar surface area (TPSA) is 54.0 Å². The molecule has 1 amide bonds. The van der Waals surface area contributed by atoms with Gasteiger partial charge in [0.25, 0.3) is 5.91 Å². The fourth-order valence-electron chi connectivity index (χ4n) is 2.27. The summed E-state index contributed by atoms with van der Waals surface area (Å²) in [6.07, 6.45) is 7.12. The average molecular weight is 356 g/mol. The summed E-state index contributed by atoms with van der Waals surface area (Å²) in [4.78, 5) is 16.8. The quantitative estimate of drug-likeness (QED) is 0.691. The molecule has 4 nitrogen and oxygen atoms in total. The highest BCUT2D eigenvalue weighted by Crippen LogP contribution is 2.19. The normalized spacial score (nSPS) is 12.0. The molecule has 0 aliphatic heterocycles. The van der Waals surface area contributed by atoms with Crippen LogP contribution in [-0.2, 0) is 0 Å². The molecular weight excluding hydrogens is 330 g/mol. The number of nitrogens with zero attached hydrogens (tertiary/aromatic N) is 1. The molecule has 0 saturated carbocycles. The molecule has 2 N–H and O–H groups in total. The second-order valence-electron chi connectivity index (χ2n) is 5.18. The molecule has 0 saturated heterocycles. The highest BCUT2D eigenvalue weighted by atomic mass is 79.9. The highest BCUT2D eigenvalue weighted by Gasteiger charge is 2.17. The lowest BCUT2D eigenvalue weighted by molar-refractivity contribution is 0.0932. The van der Waals surface area contributed by atoms with E-state index in [1.807, 2.05) is 13.0 Å². The number of pyridine rings is 1. The van der Waals surface area contributed by atoms with Gasteiger partial charge < -0.3 is 10.6 Å². The van der Waals surface area contributed by atoms with Crippen LogP contribution in [0.2, 0.25) is 0 Å². The van der Waals surface area contributed by atoms with Crippen molar-refractivity contribution < 1.29 is 4.79 Å². The second kappa shape index (κ2) is 9.77. The van der Waals surface area contributed by atoms with Gasteiger partial charge in [-0.1, -0.05) is 33.1 Å². The van der Waals surface area contributed by atoms with E-state index >= 15 is 0 Å². The number of halogens is 1. The first-order chi connectivity index (χ1) is 10.1. The van der Waals surface area contributed by atoms with Crippen LogP contribution in [0.25, 0.3) is 0 Å². The maximum absolute atomic E-state index is 12.5. The number of carbonyl (C=O) groups is 1. The monoisotopic (exact) mass is 355 g/mol. The minimum absolute atomic E-state index is 0.0469. The third-order valence-electron chi connectivity index (χ3n) is 3.32. The Bertz CT molecular complexity index is 451. The van der Waals surface area contributed by atoms with Crippen LogP contribution in [0.3, 0.4) is 0 Å². The molecule has 1 atom stereocenters. The van der Waals surface area contributed by atoms with E-state index in [1.165, 1.54) is 0 Å². The van der Waals surface area contributed by atoms with Crippen LogP contribution in [0.1, 0.15) is 63.2 Å². The van der Waals surface area contributed by atoms with Crippen LogP contribution >= 0.6 is 15.9 Å². The van der Waals surface area contributed by atoms with Gasteiger partial charge in [0, 0.05) is 23.3 Å². The van der Waals surface area contributed by atoms with Crippen molar-refractivity contribution in [2.45, 2.75) is 58.9 Å². The Balaban J connectivity index is 2.82. The SMILES string of the molecule is CCCCC(CCC)NC(=O)c1cc(Br)cnc1NCC. The van der Waals surface area contributed by atoms with Gasteiger partial charge in [-0.15, -0.1) is 0 Å². The summed E-state index contributed by atoms with van der Waals surface area (Å²) >= 11 is 3.38. The molecule has 1 aromatic rings. The van der Waals surface area contributed by atoms with Gasteiger partial charge in [-0.2, -0.15) is 0 Å². The minimum atomic E-state index is -0.0469. The molecular formula is C16H26BrN3O. The van der Waals surface area contributed by atoms with Gasteiger partial charge in [0.1, 0.15) is 5.82 Å². The molecule has 0 aliphatic rings. The number of amides is 1. The van der Waals surface area contributed by atoms with E-state index in [9.17, 15) is 4.79 Å². The molecule has 21 heavy (non-hydrogen) atoms. The van der Waals surface area contributed by atoms with Crippen molar-refractivity contribution in [2.75, 3.05) is 11.9 Å². The number of hydrogen-bond donors (Lipinski definition) is 2. The van der Waals surface area contributed by atoms with Gasteiger partial charge >= 0.3 is 0 Å². The predicted molar refractivity (Wildman–Crippen MR) is 91.8 cm³/mol. The van der Waals surface area contributed by atoms with Crippen LogP contribution in [0.15, 0.2) is 16.7 Å². The molecule has 0 aliphatic carbocycles. The Morgan fingerprint density at radius 1 is 1.29 bits per heavy atom. The number of carbonyl (C=O) groups excluding carboxylic acids is 1. The Morgan fingerprint density at radius 2 is 2.05 bits per heavy atom. The number of rotatable bonds is 9. The van der Waals surface area contributed by atoms with Crippen molar-refractivity contribution in [3.8, 4) is 0 Å². The lowest BCUT2D eigenvalue weighted by Gasteiger charge is -2.19. The Labute approximate surface area is 136 Å². The zero-order valence-corrected chi connectivity index (χ0v) is 14.8. The Hall–Kier alpha value is -1.10. The maximum atomic E-state index is 12.5. The summed E-state index contributed by atoms with van der Waals surface area (Å²) in [5.74, 6) is 0.596. The van der Waals surface area contributed by atoms with Crippen molar-refractivity contribution in [2.24, 2.45) is 0 Å². The summed E-state index contributed by atoms with van der Waals surface area (Å²) < 4.78 is 0.815. The van der Waals surface area contributed by atoms with E-state index in [2.05, 4.69) is 45.4 Å². The zero-order chi connectivity index (χ0) is 15.7. The molecule has 1 aromatic heterocycles. The van der Waals surface area contributed by atoms with Gasteiger partial charge in [-0.05, 0) is 41.8 Å². The summed E-state index contributed by atoms with van der Waals surface area (Å²) in [5, 5.41) is 6.30. The summed E-state index contributed by atoms with van der Waals surface area (Å²) in [6, 6.07) is 2.07. The third-order valence-corrected chi connectivity index (χ3v) is 3.76. The number of anilines is 1. The minimum Gasteiger partial charge on any atom is -0.370 e. The van der Waals surface area contributed by atoms with Gasteiger partial charge in [-0.3, -0.25) is 4.79 Å². The van der Waals surface area contributed by atoms with Gasteiger partial charge in [-0.25, -0.2) is 4.98 Å². The summed E-state index contributed by atoms with van der Waals surface area (Å²) in [5.41, 5.74) is 0.601. The van der Waals surface area contributed by atoms with Crippen molar-refractivity contribution in [1.82, 2.24) is 10.3 Å². The molecule has 1 unspecified atom stereocenters. The predicted octanol–water partition coefficient (Wildman–Crippen LogP) is 4.36. The Morgan fingerprint density at radius 3 is 2.67 bits per heavy atom. The molecule has 1 heterocycles. The zero-order valence-electron chi connectivity index (χ0n) is 13.2. The van der Waals surface area contributed by atoms with E-state index < -0.39 is 0 Å². The molecule has 0 spiro atoms. The van der Waals surface area contributed by atoms with Gasteiger partial charge in [0.15, 0.2) is 0 Å². The molecule has 118 valence electrons. The smallest absolute Gasteiger partial charge is 0.255 e. The standard InChI is InChI=1S/C16H26BrN3O/c1-4-7-9-13(8-5-2)20-16(21)14-10-12(17)11-19-15(14)18-6-3/h10-11,13H,4-9H2,1-3H3,(H,18,19)(H,20,21). The van der Waals surface area contributed by atoms with Gasteiger partial charge in [0.2, 0.25) is 0 Å². The van der Waals surface area contributed by atoms with E-state index in [0.717, 1.165) is 43.1 Å². The number of hydrogen-bond acceptors (Lipinski definition) is 3. The molecule has 0 bridgehead atoms. The van der Waals surface area contributed by atoms with E-state index in [-0.39, 0.29) is 11.9 Å². The number of unbranched alkanes of at least 4 members (excludes halogenated alkanes) is 1. The molecule has 5 heteroatoms. The fraction of sp³-hybridized carbons (Fsp3) is 0.625. The molecule has 0 fully saturated rings. The van der Waals surface area contributed by atoms with E-state index in [4.69, 9.17) is 0 Å². The van der Waals surface area contributed by atoms with Crippen LogP contribution in [0.4, 0.5) is 5.82 Å². The van der Waals surface area contributed by atoms with E-state index in [0.29, 0.717) is 11.4 Å². The molecule has 0 aromatic carbocycles. The average Bonchev–Trinajstić information content (AvgIpc) is 2.47. The summed E-state index contributed by atoms with van der Waals surface area (Å²) in [6.45, 7) is 7.05. The number of aromatic nitrogens is 1. The summed E-state index contributed by atoms with van der Waals surface area (Å²) in [7, 11) is 0. The first-order valence-corrected chi connectivity index (χ1v) is 8.61. The van der Waals surface area contributed by atoms with Crippen LogP contribution in [0, 0.1) is 0 Å². The lowest BCUT2D eigenvalue weighted by atomic mass is 10.0. The highest BCUT2D eigenvalue weighted by molar-refractivity contribution is 9.10. The lowest BCUT2D eigenvalue weighted by Crippen LogP contribution is -2.35. The molecule has 0 radical (unpaired) electrons. The van der Waals surface area contributed by atoms with Crippen molar-refractivity contribution in [3.05, 3.63) is 22.3 Å². The van der Waals surface area contributed by atoms with Crippen molar-refractivity contribution >= 4 is 27.7 Å². The van der Waals surface area contributed by atoms with Crippen LogP contribution < -0.4 is 10.6 Å². The first-order valence-electron chi connectivity index (χ1n) is 7.82. The first kappa shape index (κ1) is 18.0. The van der Waals surface area contributed by atoms with Crippen LogP contribution in [0.5, 0.6) is 0 Å². The van der Waals surface area contributed by atoms with Crippen molar-refractivity contribution in [3.63, 3.8) is 0 Å². The maximum Gasteiger partial charge on any atom is 0.255 e. The fourth-order valence-corrected chi connectivity index (χ4v) is 2.60. The van der Waals surface area contributed by atoms with Gasteiger partial charge in [0.05, 0.1) is 5.56 Å². The third kappa shape index (κ3) is 6.04. The number of nitrogens with one attached hydrogen (secondary N) is 2. The van der Waals surface area contributed by atoms with E-state index in [1.54, 1.807) is 6.20 Å².